The summed E-state index contributed by atoms with van der Waals surface area (Å²) in [5.74, 6) is 0.106. The second-order valence-corrected chi connectivity index (χ2v) is 8.79. The highest BCUT2D eigenvalue weighted by molar-refractivity contribution is 6.30. The van der Waals surface area contributed by atoms with E-state index < -0.39 is 6.10 Å². The van der Waals surface area contributed by atoms with E-state index in [1.807, 2.05) is 24.3 Å². The summed E-state index contributed by atoms with van der Waals surface area (Å²) in [6.45, 7) is 6.57. The quantitative estimate of drug-likeness (QED) is 0.549. The van der Waals surface area contributed by atoms with Crippen LogP contribution in [0.5, 0.6) is 0 Å². The van der Waals surface area contributed by atoms with E-state index in [4.69, 9.17) is 21.2 Å². The van der Waals surface area contributed by atoms with Crippen LogP contribution in [0.2, 0.25) is 5.02 Å². The highest BCUT2D eigenvalue weighted by Crippen LogP contribution is 2.21. The monoisotopic (exact) mass is 448 g/mol. The number of hydrogen-bond donors (Lipinski definition) is 1. The summed E-state index contributed by atoms with van der Waals surface area (Å²) in [5.41, 5.74) is 2.11. The first-order valence-corrected chi connectivity index (χ1v) is 11.0. The Hall–Kier alpha value is -1.99. The molecule has 7 heteroatoms. The standard InChI is InChI=1S/C24H30ClFN2O3/c1-17(2)15-30-16-20(29)13-28(12-18-6-5-7-19(25)10-18)14-21-11-24(27-31-21)22-8-3-4-9-23(22)26/h3-10,17,20-21,29H,11-16H2,1-2H3/t20-,21+/m1/s1. The normalized spacial score (nSPS) is 17.1. The van der Waals surface area contributed by atoms with Gasteiger partial charge in [-0.25, -0.2) is 4.39 Å². The zero-order chi connectivity index (χ0) is 22.2. The van der Waals surface area contributed by atoms with Crippen LogP contribution < -0.4 is 0 Å². The second-order valence-electron chi connectivity index (χ2n) is 8.36. The summed E-state index contributed by atoms with van der Waals surface area (Å²) in [4.78, 5) is 7.70. The lowest BCUT2D eigenvalue weighted by atomic mass is 10.0. The van der Waals surface area contributed by atoms with Crippen LogP contribution in [0.4, 0.5) is 4.39 Å². The molecule has 0 bridgehead atoms. The van der Waals surface area contributed by atoms with Crippen LogP contribution in [-0.4, -0.2) is 54.2 Å². The molecule has 0 aliphatic carbocycles. The van der Waals surface area contributed by atoms with Crippen LogP contribution in [-0.2, 0) is 16.1 Å². The van der Waals surface area contributed by atoms with Crippen molar-refractivity contribution in [3.63, 3.8) is 0 Å². The molecule has 2 atom stereocenters. The fraction of sp³-hybridized carbons (Fsp3) is 0.458. The number of nitrogens with zero attached hydrogens (tertiary/aromatic N) is 2. The van der Waals surface area contributed by atoms with Gasteiger partial charge in [0.15, 0.2) is 0 Å². The van der Waals surface area contributed by atoms with Gasteiger partial charge in [-0.3, -0.25) is 4.90 Å². The number of oxime groups is 1. The molecule has 1 aliphatic rings. The van der Waals surface area contributed by atoms with E-state index in [9.17, 15) is 9.50 Å². The molecular weight excluding hydrogens is 419 g/mol. The first-order valence-electron chi connectivity index (χ1n) is 10.6. The first-order chi connectivity index (χ1) is 14.9. The largest absolute Gasteiger partial charge is 0.390 e. The summed E-state index contributed by atoms with van der Waals surface area (Å²) in [5, 5.41) is 15.3. The first kappa shape index (κ1) is 23.7. The van der Waals surface area contributed by atoms with Crippen LogP contribution in [0.1, 0.15) is 31.4 Å². The SMILES string of the molecule is CC(C)COC[C@H](O)CN(Cc1cccc(Cl)c1)C[C@@H]1CC(c2ccccc2F)=NO1. The number of aliphatic hydroxyl groups excluding tert-OH is 1. The van der Waals surface area contributed by atoms with Gasteiger partial charge in [0.25, 0.3) is 0 Å². The van der Waals surface area contributed by atoms with Gasteiger partial charge in [-0.05, 0) is 29.7 Å². The number of ether oxygens (including phenoxy) is 1. The third kappa shape index (κ3) is 7.58. The van der Waals surface area contributed by atoms with Gasteiger partial charge in [0, 0.05) is 43.2 Å². The summed E-state index contributed by atoms with van der Waals surface area (Å²) in [6.07, 6.45) is -0.351. The van der Waals surface area contributed by atoms with Gasteiger partial charge in [0.1, 0.15) is 11.9 Å². The Kier molecular flexibility index (Phi) is 8.84. The van der Waals surface area contributed by atoms with Gasteiger partial charge >= 0.3 is 0 Å². The lowest BCUT2D eigenvalue weighted by Crippen LogP contribution is -2.39. The Bertz CT molecular complexity index is 877. The molecule has 0 aromatic heterocycles. The molecule has 0 spiro atoms. The van der Waals surface area contributed by atoms with Crippen molar-refractivity contribution in [1.29, 1.82) is 0 Å². The molecule has 3 rings (SSSR count). The van der Waals surface area contributed by atoms with Gasteiger partial charge in [-0.2, -0.15) is 0 Å². The van der Waals surface area contributed by atoms with E-state index in [1.54, 1.807) is 18.2 Å². The number of aliphatic hydroxyl groups is 1. The van der Waals surface area contributed by atoms with Gasteiger partial charge in [0.2, 0.25) is 0 Å². The predicted molar refractivity (Wildman–Crippen MR) is 121 cm³/mol. The van der Waals surface area contributed by atoms with Gasteiger partial charge < -0.3 is 14.7 Å². The van der Waals surface area contributed by atoms with Crippen LogP contribution >= 0.6 is 11.6 Å². The molecule has 0 saturated heterocycles. The minimum Gasteiger partial charge on any atom is -0.390 e. The molecule has 1 aliphatic heterocycles. The van der Waals surface area contributed by atoms with E-state index in [2.05, 4.69) is 23.9 Å². The Morgan fingerprint density at radius 1 is 1.23 bits per heavy atom. The molecule has 0 unspecified atom stereocenters. The smallest absolute Gasteiger partial charge is 0.145 e. The van der Waals surface area contributed by atoms with E-state index in [0.29, 0.717) is 54.9 Å². The maximum Gasteiger partial charge on any atom is 0.145 e. The Labute approximate surface area is 188 Å². The zero-order valence-electron chi connectivity index (χ0n) is 18.0. The van der Waals surface area contributed by atoms with Crippen LogP contribution in [0.3, 0.4) is 0 Å². The molecule has 0 fully saturated rings. The molecule has 0 radical (unpaired) electrons. The van der Waals surface area contributed by atoms with Crippen molar-refractivity contribution in [3.05, 3.63) is 70.5 Å². The van der Waals surface area contributed by atoms with Crippen molar-refractivity contribution in [2.75, 3.05) is 26.3 Å². The van der Waals surface area contributed by atoms with E-state index >= 15 is 0 Å². The lowest BCUT2D eigenvalue weighted by molar-refractivity contribution is -0.00734. The Morgan fingerprint density at radius 3 is 2.77 bits per heavy atom. The van der Waals surface area contributed by atoms with Crippen LogP contribution in [0.15, 0.2) is 53.7 Å². The fourth-order valence-corrected chi connectivity index (χ4v) is 3.77. The molecule has 5 nitrogen and oxygen atoms in total. The summed E-state index contributed by atoms with van der Waals surface area (Å²) >= 11 is 6.14. The molecule has 1 N–H and O–H groups in total. The predicted octanol–water partition coefficient (Wildman–Crippen LogP) is 4.51. The topological polar surface area (TPSA) is 54.3 Å². The molecular formula is C24H30ClFN2O3. The average Bonchev–Trinajstić information content (AvgIpc) is 3.16. The molecule has 1 heterocycles. The molecule has 31 heavy (non-hydrogen) atoms. The lowest BCUT2D eigenvalue weighted by Gasteiger charge is -2.27. The minimum atomic E-state index is -0.633. The Balaban J connectivity index is 1.61. The van der Waals surface area contributed by atoms with Crippen molar-refractivity contribution in [3.8, 4) is 0 Å². The van der Waals surface area contributed by atoms with Crippen molar-refractivity contribution in [2.45, 2.75) is 39.0 Å². The summed E-state index contributed by atoms with van der Waals surface area (Å²) in [7, 11) is 0. The van der Waals surface area contributed by atoms with E-state index in [0.717, 1.165) is 5.56 Å². The van der Waals surface area contributed by atoms with Crippen molar-refractivity contribution >= 4 is 17.3 Å². The third-order valence-electron chi connectivity index (χ3n) is 4.91. The molecule has 0 amide bonds. The van der Waals surface area contributed by atoms with Gasteiger partial charge in [-0.1, -0.05) is 60.9 Å². The number of hydrogen-bond acceptors (Lipinski definition) is 5. The zero-order valence-corrected chi connectivity index (χ0v) is 18.8. The number of benzene rings is 2. The number of rotatable bonds is 11. The fourth-order valence-electron chi connectivity index (χ4n) is 3.56. The van der Waals surface area contributed by atoms with Crippen molar-refractivity contribution in [1.82, 2.24) is 4.90 Å². The molecule has 0 saturated carbocycles. The third-order valence-corrected chi connectivity index (χ3v) is 5.14. The molecule has 168 valence electrons. The highest BCUT2D eigenvalue weighted by atomic mass is 35.5. The van der Waals surface area contributed by atoms with Crippen molar-refractivity contribution in [2.24, 2.45) is 11.1 Å². The summed E-state index contributed by atoms with van der Waals surface area (Å²) < 4.78 is 19.7. The Morgan fingerprint density at radius 2 is 2.03 bits per heavy atom. The van der Waals surface area contributed by atoms with Crippen molar-refractivity contribution < 1.29 is 19.1 Å². The maximum absolute atomic E-state index is 14.1. The number of halogens is 2. The van der Waals surface area contributed by atoms with Crippen LogP contribution in [0.25, 0.3) is 0 Å². The molecule has 2 aromatic rings. The summed E-state index contributed by atoms with van der Waals surface area (Å²) in [6, 6.07) is 14.2. The van der Waals surface area contributed by atoms with Gasteiger partial charge in [-0.15, -0.1) is 0 Å². The average molecular weight is 449 g/mol. The molecule has 2 aromatic carbocycles. The van der Waals surface area contributed by atoms with Gasteiger partial charge in [0.05, 0.1) is 18.4 Å². The van der Waals surface area contributed by atoms with Crippen LogP contribution in [0, 0.1) is 11.7 Å². The highest BCUT2D eigenvalue weighted by Gasteiger charge is 2.27. The van der Waals surface area contributed by atoms with E-state index in [1.165, 1.54) is 6.07 Å². The maximum atomic E-state index is 14.1. The second kappa shape index (κ2) is 11.6. The minimum absolute atomic E-state index is 0.224. The van der Waals surface area contributed by atoms with E-state index in [-0.39, 0.29) is 18.5 Å².